The van der Waals surface area contributed by atoms with Crippen LogP contribution in [0.2, 0.25) is 10.4 Å². The van der Waals surface area contributed by atoms with Crippen molar-refractivity contribution in [3.05, 3.63) is 45.8 Å². The molecular formula is C12H10Cl2N2. The number of rotatable bonds is 1. The van der Waals surface area contributed by atoms with Gasteiger partial charge >= 0.3 is 0 Å². The smallest absolute Gasteiger partial charge is 0.218 e. The molecule has 1 heterocycles. The van der Waals surface area contributed by atoms with Crippen LogP contribution in [0.5, 0.6) is 0 Å². The average molecular weight is 253 g/mol. The molecule has 0 amide bonds. The molecule has 0 spiro atoms. The van der Waals surface area contributed by atoms with Gasteiger partial charge in [0, 0.05) is 11.6 Å². The minimum atomic E-state index is 0.169. The molecule has 0 fully saturated rings. The Hall–Kier alpha value is -1.12. The summed E-state index contributed by atoms with van der Waals surface area (Å²) in [4.78, 5) is 7.99. The van der Waals surface area contributed by atoms with E-state index in [1.807, 2.05) is 19.1 Å². The summed E-state index contributed by atoms with van der Waals surface area (Å²) in [6, 6.07) is 7.86. The van der Waals surface area contributed by atoms with Gasteiger partial charge in [0.25, 0.3) is 0 Å². The summed E-state index contributed by atoms with van der Waals surface area (Å²) >= 11 is 11.6. The van der Waals surface area contributed by atoms with Crippen LogP contribution in [0.15, 0.2) is 24.3 Å². The molecule has 1 aromatic heterocycles. The highest BCUT2D eigenvalue weighted by atomic mass is 35.5. The van der Waals surface area contributed by atoms with Gasteiger partial charge in [-0.3, -0.25) is 0 Å². The lowest BCUT2D eigenvalue weighted by Crippen LogP contribution is -1.91. The molecule has 0 radical (unpaired) electrons. The molecular weight excluding hydrogens is 243 g/mol. The van der Waals surface area contributed by atoms with Gasteiger partial charge in [0.15, 0.2) is 0 Å². The fourth-order valence-electron chi connectivity index (χ4n) is 1.63. The van der Waals surface area contributed by atoms with Crippen molar-refractivity contribution in [1.29, 1.82) is 0 Å². The Labute approximate surface area is 104 Å². The van der Waals surface area contributed by atoms with E-state index in [2.05, 4.69) is 23.0 Å². The largest absolute Gasteiger partial charge is 0.224 e. The zero-order valence-electron chi connectivity index (χ0n) is 8.96. The third-order valence-corrected chi connectivity index (χ3v) is 2.69. The van der Waals surface area contributed by atoms with E-state index in [1.54, 1.807) is 6.07 Å². The fourth-order valence-corrected chi connectivity index (χ4v) is 2.04. The second-order valence-electron chi connectivity index (χ2n) is 3.66. The maximum Gasteiger partial charge on any atom is 0.224 e. The van der Waals surface area contributed by atoms with Gasteiger partial charge in [-0.25, -0.2) is 9.97 Å². The van der Waals surface area contributed by atoms with E-state index < -0.39 is 0 Å². The van der Waals surface area contributed by atoms with Crippen molar-refractivity contribution < 1.29 is 0 Å². The first-order valence-corrected chi connectivity index (χ1v) is 5.59. The molecule has 82 valence electrons. The Bertz CT molecular complexity index is 518. The van der Waals surface area contributed by atoms with Gasteiger partial charge in [0.05, 0.1) is 5.69 Å². The molecule has 0 saturated heterocycles. The van der Waals surface area contributed by atoms with E-state index >= 15 is 0 Å². The van der Waals surface area contributed by atoms with Crippen LogP contribution in [-0.2, 0) is 0 Å². The minimum Gasteiger partial charge on any atom is -0.218 e. The highest BCUT2D eigenvalue weighted by Gasteiger charge is 2.06. The summed E-state index contributed by atoms with van der Waals surface area (Å²) in [7, 11) is 0. The number of hydrogen-bond acceptors (Lipinski definition) is 2. The Morgan fingerprint density at radius 3 is 2.38 bits per heavy atom. The SMILES string of the molecule is Cc1ccc(-c2cc(Cl)nc(Cl)n2)c(C)c1. The first kappa shape index (κ1) is 11.4. The van der Waals surface area contributed by atoms with Crippen molar-refractivity contribution in [3.63, 3.8) is 0 Å². The van der Waals surface area contributed by atoms with Crippen molar-refractivity contribution in [3.8, 4) is 11.3 Å². The molecule has 0 N–H and O–H groups in total. The van der Waals surface area contributed by atoms with Crippen LogP contribution in [0.3, 0.4) is 0 Å². The van der Waals surface area contributed by atoms with Gasteiger partial charge in [-0.1, -0.05) is 35.4 Å². The molecule has 0 bridgehead atoms. The summed E-state index contributed by atoms with van der Waals surface area (Å²) in [5.41, 5.74) is 4.14. The van der Waals surface area contributed by atoms with E-state index in [9.17, 15) is 0 Å². The topological polar surface area (TPSA) is 25.8 Å². The number of halogens is 2. The maximum absolute atomic E-state index is 5.85. The molecule has 1 aromatic carbocycles. The molecule has 0 aliphatic carbocycles. The van der Waals surface area contributed by atoms with Gasteiger partial charge in [0.1, 0.15) is 5.15 Å². The number of aryl methyl sites for hydroxylation is 2. The summed E-state index contributed by atoms with van der Waals surface area (Å²) in [6.07, 6.45) is 0. The van der Waals surface area contributed by atoms with Crippen molar-refractivity contribution >= 4 is 23.2 Å². The number of benzene rings is 1. The predicted molar refractivity (Wildman–Crippen MR) is 67.0 cm³/mol. The van der Waals surface area contributed by atoms with Crippen LogP contribution in [-0.4, -0.2) is 9.97 Å². The second-order valence-corrected chi connectivity index (χ2v) is 4.39. The van der Waals surface area contributed by atoms with Crippen molar-refractivity contribution in [1.82, 2.24) is 9.97 Å². The quantitative estimate of drug-likeness (QED) is 0.565. The monoisotopic (exact) mass is 252 g/mol. The number of hydrogen-bond donors (Lipinski definition) is 0. The van der Waals surface area contributed by atoms with Crippen molar-refractivity contribution in [2.45, 2.75) is 13.8 Å². The van der Waals surface area contributed by atoms with E-state index in [1.165, 1.54) is 5.56 Å². The lowest BCUT2D eigenvalue weighted by Gasteiger charge is -2.06. The highest BCUT2D eigenvalue weighted by molar-refractivity contribution is 6.32. The average Bonchev–Trinajstić information content (AvgIpc) is 2.15. The van der Waals surface area contributed by atoms with E-state index in [0.717, 1.165) is 16.8 Å². The lowest BCUT2D eigenvalue weighted by molar-refractivity contribution is 1.17. The van der Waals surface area contributed by atoms with Gasteiger partial charge in [-0.05, 0) is 31.0 Å². The summed E-state index contributed by atoms with van der Waals surface area (Å²) < 4.78 is 0. The Morgan fingerprint density at radius 2 is 1.75 bits per heavy atom. The highest BCUT2D eigenvalue weighted by Crippen LogP contribution is 2.25. The molecule has 2 rings (SSSR count). The normalized spacial score (nSPS) is 10.5. The van der Waals surface area contributed by atoms with Crippen LogP contribution in [0, 0.1) is 13.8 Å². The standard InChI is InChI=1S/C12H10Cl2N2/c1-7-3-4-9(8(2)5-7)10-6-11(13)16-12(14)15-10/h3-6H,1-2H3. The zero-order chi connectivity index (χ0) is 11.7. The minimum absolute atomic E-state index is 0.169. The first-order chi connectivity index (χ1) is 7.56. The van der Waals surface area contributed by atoms with E-state index in [-0.39, 0.29) is 5.28 Å². The van der Waals surface area contributed by atoms with E-state index in [0.29, 0.717) is 5.15 Å². The van der Waals surface area contributed by atoms with Crippen molar-refractivity contribution in [2.75, 3.05) is 0 Å². The summed E-state index contributed by atoms with van der Waals surface area (Å²) in [5.74, 6) is 0. The van der Waals surface area contributed by atoms with Crippen LogP contribution < -0.4 is 0 Å². The van der Waals surface area contributed by atoms with Crippen LogP contribution in [0.25, 0.3) is 11.3 Å². The number of nitrogens with zero attached hydrogens (tertiary/aromatic N) is 2. The summed E-state index contributed by atoms with van der Waals surface area (Å²) in [5, 5.41) is 0.525. The zero-order valence-corrected chi connectivity index (χ0v) is 10.5. The lowest BCUT2D eigenvalue weighted by atomic mass is 10.0. The predicted octanol–water partition coefficient (Wildman–Crippen LogP) is 4.07. The van der Waals surface area contributed by atoms with Crippen LogP contribution >= 0.6 is 23.2 Å². The van der Waals surface area contributed by atoms with Crippen LogP contribution in [0.1, 0.15) is 11.1 Å². The molecule has 2 aromatic rings. The Kier molecular flexibility index (Phi) is 3.13. The first-order valence-electron chi connectivity index (χ1n) is 4.84. The second kappa shape index (κ2) is 4.40. The molecule has 4 heteroatoms. The van der Waals surface area contributed by atoms with Crippen LogP contribution in [0.4, 0.5) is 0 Å². The molecule has 0 unspecified atom stereocenters. The number of aromatic nitrogens is 2. The van der Waals surface area contributed by atoms with Crippen molar-refractivity contribution in [2.24, 2.45) is 0 Å². The molecule has 0 atom stereocenters. The fraction of sp³-hybridized carbons (Fsp3) is 0.167. The van der Waals surface area contributed by atoms with E-state index in [4.69, 9.17) is 23.2 Å². The third kappa shape index (κ3) is 2.34. The molecule has 0 aliphatic rings. The van der Waals surface area contributed by atoms with Gasteiger partial charge < -0.3 is 0 Å². The molecule has 0 aliphatic heterocycles. The Balaban J connectivity index is 2.58. The van der Waals surface area contributed by atoms with Gasteiger partial charge in [-0.2, -0.15) is 0 Å². The third-order valence-electron chi connectivity index (χ3n) is 2.33. The molecule has 16 heavy (non-hydrogen) atoms. The maximum atomic E-state index is 5.85. The van der Waals surface area contributed by atoms with Gasteiger partial charge in [0.2, 0.25) is 5.28 Å². The molecule has 2 nitrogen and oxygen atoms in total. The summed E-state index contributed by atoms with van der Waals surface area (Å²) in [6.45, 7) is 4.09. The molecule has 0 saturated carbocycles. The Morgan fingerprint density at radius 1 is 1.00 bits per heavy atom. The van der Waals surface area contributed by atoms with Gasteiger partial charge in [-0.15, -0.1) is 0 Å².